The zero-order valence-corrected chi connectivity index (χ0v) is 20.0. The minimum absolute atomic E-state index is 0.0268. The van der Waals surface area contributed by atoms with Gasteiger partial charge in [-0.25, -0.2) is 4.98 Å². The Hall–Kier alpha value is -2.97. The number of ether oxygens (including phenoxy) is 3. The Morgan fingerprint density at radius 2 is 1.91 bits per heavy atom. The average Bonchev–Trinajstić information content (AvgIpc) is 3.51. The highest BCUT2D eigenvalue weighted by Gasteiger charge is 2.19. The van der Waals surface area contributed by atoms with Crippen LogP contribution in [0.15, 0.2) is 47.5 Å². The molecule has 0 saturated carbocycles. The summed E-state index contributed by atoms with van der Waals surface area (Å²) in [5.74, 6) is 2.24. The van der Waals surface area contributed by atoms with E-state index >= 15 is 0 Å². The maximum absolute atomic E-state index is 12.4. The Morgan fingerprint density at radius 3 is 2.61 bits per heavy atom. The molecule has 33 heavy (non-hydrogen) atoms. The molecule has 7 nitrogen and oxygen atoms in total. The minimum atomic E-state index is -0.0268. The molecule has 1 fully saturated rings. The van der Waals surface area contributed by atoms with Crippen LogP contribution in [0.2, 0.25) is 0 Å². The second kappa shape index (κ2) is 10.8. The van der Waals surface area contributed by atoms with Crippen LogP contribution in [0.4, 0.5) is 0 Å². The van der Waals surface area contributed by atoms with E-state index in [9.17, 15) is 4.79 Å². The van der Waals surface area contributed by atoms with Gasteiger partial charge >= 0.3 is 0 Å². The number of thioether (sulfide) groups is 1. The molecule has 0 unspecified atom stereocenters. The molecule has 1 amide bonds. The number of rotatable bonds is 9. The fraction of sp³-hybridized carbons (Fsp3) is 0.360. The Labute approximate surface area is 198 Å². The van der Waals surface area contributed by atoms with Crippen LogP contribution in [0.1, 0.15) is 18.4 Å². The molecule has 0 bridgehead atoms. The molecule has 0 radical (unpaired) electrons. The second-order valence-electron chi connectivity index (χ2n) is 7.93. The summed E-state index contributed by atoms with van der Waals surface area (Å²) >= 11 is 1.42. The molecule has 0 aliphatic carbocycles. The van der Waals surface area contributed by atoms with Gasteiger partial charge < -0.3 is 24.5 Å². The number of nitrogens with zero attached hydrogens (tertiary/aromatic N) is 1. The summed E-state index contributed by atoms with van der Waals surface area (Å²) in [6, 6.07) is 13.9. The number of methoxy groups -OCH3 is 2. The maximum atomic E-state index is 12.4. The summed E-state index contributed by atoms with van der Waals surface area (Å²) in [5, 5.41) is 3.75. The quantitative estimate of drug-likeness (QED) is 0.452. The van der Waals surface area contributed by atoms with Crippen LogP contribution >= 0.6 is 11.8 Å². The van der Waals surface area contributed by atoms with E-state index in [-0.39, 0.29) is 17.8 Å². The molecular weight excluding hydrogens is 438 g/mol. The zero-order valence-electron chi connectivity index (χ0n) is 19.1. The Kier molecular flexibility index (Phi) is 7.57. The van der Waals surface area contributed by atoms with Crippen LogP contribution in [0, 0.1) is 6.92 Å². The van der Waals surface area contributed by atoms with E-state index in [1.54, 1.807) is 14.2 Å². The molecule has 1 atom stereocenters. The van der Waals surface area contributed by atoms with E-state index < -0.39 is 0 Å². The number of benzene rings is 2. The standard InChI is InChI=1S/C25H29N3O4S/c1-16-6-8-17(9-7-16)23-25(33-15-22(29)26-14-19-5-4-12-32-19)28-24(27-23)18-10-11-20(30-2)21(13-18)31-3/h6-11,13,19H,4-5,12,14-15H2,1-3H3,(H,26,29)(H,27,28)/t19-/m0/s1. The number of H-pyrrole nitrogens is 1. The van der Waals surface area contributed by atoms with Gasteiger partial charge in [0.25, 0.3) is 0 Å². The zero-order chi connectivity index (χ0) is 23.2. The molecule has 2 heterocycles. The predicted octanol–water partition coefficient (Wildman–Crippen LogP) is 4.46. The van der Waals surface area contributed by atoms with Crippen molar-refractivity contribution < 1.29 is 19.0 Å². The summed E-state index contributed by atoms with van der Waals surface area (Å²) in [6.07, 6.45) is 2.18. The van der Waals surface area contributed by atoms with Crippen molar-refractivity contribution in [3.05, 3.63) is 48.0 Å². The molecule has 2 aromatic carbocycles. The number of carbonyl (C=O) groups is 1. The molecule has 4 rings (SSSR count). The normalized spacial score (nSPS) is 15.4. The van der Waals surface area contributed by atoms with Crippen molar-refractivity contribution in [3.63, 3.8) is 0 Å². The van der Waals surface area contributed by atoms with E-state index in [0.29, 0.717) is 23.9 Å². The first-order valence-corrected chi connectivity index (χ1v) is 12.0. The van der Waals surface area contributed by atoms with E-state index in [0.717, 1.165) is 41.3 Å². The molecule has 174 valence electrons. The van der Waals surface area contributed by atoms with Crippen molar-refractivity contribution in [3.8, 4) is 34.1 Å². The van der Waals surface area contributed by atoms with Crippen LogP contribution in [0.3, 0.4) is 0 Å². The molecule has 1 aliphatic heterocycles. The van der Waals surface area contributed by atoms with E-state index in [2.05, 4.69) is 41.5 Å². The lowest BCUT2D eigenvalue weighted by Gasteiger charge is -2.10. The monoisotopic (exact) mass is 467 g/mol. The van der Waals surface area contributed by atoms with Gasteiger partial charge in [-0.3, -0.25) is 4.79 Å². The van der Waals surface area contributed by atoms with E-state index in [1.165, 1.54) is 17.3 Å². The Morgan fingerprint density at radius 1 is 1.15 bits per heavy atom. The number of imidazole rings is 1. The molecule has 1 aliphatic rings. The third-order valence-electron chi connectivity index (χ3n) is 5.56. The fourth-order valence-electron chi connectivity index (χ4n) is 3.72. The first-order chi connectivity index (χ1) is 16.1. The highest BCUT2D eigenvalue weighted by Crippen LogP contribution is 2.35. The number of carbonyl (C=O) groups excluding carboxylic acids is 1. The van der Waals surface area contributed by atoms with Gasteiger partial charge in [0, 0.05) is 24.3 Å². The first kappa shape index (κ1) is 23.2. The van der Waals surface area contributed by atoms with Crippen molar-refractivity contribution in [2.75, 3.05) is 33.1 Å². The summed E-state index contributed by atoms with van der Waals surface area (Å²) in [6.45, 7) is 3.39. The van der Waals surface area contributed by atoms with Gasteiger partial charge in [0.1, 0.15) is 10.9 Å². The number of hydrogen-bond donors (Lipinski definition) is 2. The number of aryl methyl sites for hydroxylation is 1. The maximum Gasteiger partial charge on any atom is 0.230 e. The number of aromatic nitrogens is 2. The third kappa shape index (κ3) is 5.69. The summed E-state index contributed by atoms with van der Waals surface area (Å²) in [4.78, 5) is 20.7. The lowest BCUT2D eigenvalue weighted by molar-refractivity contribution is -0.119. The van der Waals surface area contributed by atoms with Gasteiger partial charge in [-0.1, -0.05) is 41.6 Å². The molecule has 3 aromatic rings. The molecule has 0 spiro atoms. The highest BCUT2D eigenvalue weighted by atomic mass is 32.2. The number of aromatic amines is 1. The van der Waals surface area contributed by atoms with Gasteiger partial charge in [0.15, 0.2) is 11.5 Å². The lowest BCUT2D eigenvalue weighted by atomic mass is 10.1. The lowest BCUT2D eigenvalue weighted by Crippen LogP contribution is -2.32. The average molecular weight is 468 g/mol. The van der Waals surface area contributed by atoms with Gasteiger partial charge in [-0.15, -0.1) is 0 Å². The minimum Gasteiger partial charge on any atom is -0.493 e. The SMILES string of the molecule is COc1ccc(-c2nc(SCC(=O)NC[C@@H]3CCCO3)c(-c3ccc(C)cc3)[nH]2)cc1OC. The second-order valence-corrected chi connectivity index (χ2v) is 8.89. The number of hydrogen-bond acceptors (Lipinski definition) is 6. The van der Waals surface area contributed by atoms with Gasteiger partial charge in [0.2, 0.25) is 5.91 Å². The van der Waals surface area contributed by atoms with Crippen LogP contribution in [0.5, 0.6) is 11.5 Å². The van der Waals surface area contributed by atoms with Crippen molar-refractivity contribution in [2.45, 2.75) is 30.9 Å². The molecule has 2 N–H and O–H groups in total. The summed E-state index contributed by atoms with van der Waals surface area (Å²) < 4.78 is 16.4. The van der Waals surface area contributed by atoms with Crippen LogP contribution in [-0.2, 0) is 9.53 Å². The molecule has 8 heteroatoms. The van der Waals surface area contributed by atoms with Gasteiger partial charge in [0.05, 0.1) is 31.8 Å². The Balaban J connectivity index is 1.56. The number of amides is 1. The predicted molar refractivity (Wildman–Crippen MR) is 130 cm³/mol. The topological polar surface area (TPSA) is 85.5 Å². The van der Waals surface area contributed by atoms with Gasteiger partial charge in [-0.05, 0) is 38.0 Å². The first-order valence-electron chi connectivity index (χ1n) is 11.0. The third-order valence-corrected chi connectivity index (χ3v) is 6.53. The van der Waals surface area contributed by atoms with Crippen molar-refractivity contribution in [2.24, 2.45) is 0 Å². The Bertz CT molecular complexity index is 1090. The van der Waals surface area contributed by atoms with E-state index in [1.807, 2.05) is 18.2 Å². The smallest absolute Gasteiger partial charge is 0.230 e. The van der Waals surface area contributed by atoms with Crippen LogP contribution in [-0.4, -0.2) is 55.1 Å². The van der Waals surface area contributed by atoms with Gasteiger partial charge in [-0.2, -0.15) is 0 Å². The van der Waals surface area contributed by atoms with Crippen LogP contribution in [0.25, 0.3) is 22.6 Å². The highest BCUT2D eigenvalue weighted by molar-refractivity contribution is 8.00. The number of nitrogens with one attached hydrogen (secondary N) is 2. The fourth-order valence-corrected chi connectivity index (χ4v) is 4.55. The van der Waals surface area contributed by atoms with Crippen molar-refractivity contribution in [1.82, 2.24) is 15.3 Å². The summed E-state index contributed by atoms with van der Waals surface area (Å²) in [5.41, 5.74) is 3.95. The van der Waals surface area contributed by atoms with Crippen LogP contribution < -0.4 is 14.8 Å². The van der Waals surface area contributed by atoms with Crippen molar-refractivity contribution in [1.29, 1.82) is 0 Å². The summed E-state index contributed by atoms with van der Waals surface area (Å²) in [7, 11) is 3.22. The van der Waals surface area contributed by atoms with Crippen molar-refractivity contribution >= 4 is 17.7 Å². The van der Waals surface area contributed by atoms with E-state index in [4.69, 9.17) is 19.2 Å². The largest absolute Gasteiger partial charge is 0.493 e. The molecule has 1 aromatic heterocycles. The molecule has 1 saturated heterocycles. The molecular formula is C25H29N3O4S.